The number of ether oxygens (including phenoxy) is 2. The van der Waals surface area contributed by atoms with Crippen LogP contribution in [0.3, 0.4) is 0 Å². The lowest BCUT2D eigenvalue weighted by Gasteiger charge is -2.09. The first-order valence-electron chi connectivity index (χ1n) is 5.19. The van der Waals surface area contributed by atoms with Crippen LogP contribution in [0.5, 0.6) is 5.75 Å². The smallest absolute Gasteiger partial charge is 0.407 e. The second-order valence-electron chi connectivity index (χ2n) is 3.66. The minimum Gasteiger partial charge on any atom is -0.497 e. The average Bonchev–Trinajstić information content (AvgIpc) is 2.26. The van der Waals surface area contributed by atoms with Crippen molar-refractivity contribution in [2.45, 2.75) is 26.5 Å². The van der Waals surface area contributed by atoms with Gasteiger partial charge in [-0.2, -0.15) is 0 Å². The van der Waals surface area contributed by atoms with Gasteiger partial charge in [0.1, 0.15) is 5.75 Å². The molecule has 1 aromatic carbocycles. The number of carbonyl (C=O) groups is 1. The van der Waals surface area contributed by atoms with E-state index in [4.69, 9.17) is 9.47 Å². The molecule has 0 radical (unpaired) electrons. The maximum atomic E-state index is 11.2. The number of hydrogen-bond donors (Lipinski definition) is 1. The zero-order chi connectivity index (χ0) is 12.0. The quantitative estimate of drug-likeness (QED) is 0.852. The molecule has 0 heterocycles. The van der Waals surface area contributed by atoms with Crippen molar-refractivity contribution in [2.24, 2.45) is 0 Å². The van der Waals surface area contributed by atoms with Gasteiger partial charge in [-0.25, -0.2) is 4.79 Å². The molecule has 0 fully saturated rings. The molecule has 0 aliphatic carbocycles. The number of benzene rings is 1. The van der Waals surface area contributed by atoms with Crippen molar-refractivity contribution >= 4 is 6.09 Å². The third-order valence-electron chi connectivity index (χ3n) is 1.91. The number of hydrogen-bond acceptors (Lipinski definition) is 3. The summed E-state index contributed by atoms with van der Waals surface area (Å²) in [5.74, 6) is 0.775. The summed E-state index contributed by atoms with van der Waals surface area (Å²) in [7, 11) is 1.61. The van der Waals surface area contributed by atoms with Gasteiger partial charge in [-0.15, -0.1) is 0 Å². The molecule has 88 valence electrons. The Kier molecular flexibility index (Phi) is 4.64. The molecule has 0 atom stereocenters. The summed E-state index contributed by atoms with van der Waals surface area (Å²) >= 11 is 0. The van der Waals surface area contributed by atoms with Gasteiger partial charge in [0.2, 0.25) is 0 Å². The second kappa shape index (κ2) is 6.00. The van der Waals surface area contributed by atoms with Crippen LogP contribution in [-0.4, -0.2) is 19.3 Å². The Morgan fingerprint density at radius 1 is 1.44 bits per heavy atom. The van der Waals surface area contributed by atoms with Gasteiger partial charge < -0.3 is 14.8 Å². The number of amides is 1. The molecule has 4 nitrogen and oxygen atoms in total. The Bertz CT molecular complexity index is 350. The van der Waals surface area contributed by atoms with Crippen LogP contribution < -0.4 is 10.1 Å². The van der Waals surface area contributed by atoms with E-state index in [1.807, 2.05) is 38.1 Å². The number of nitrogens with one attached hydrogen (secondary N) is 1. The minimum atomic E-state index is -0.405. The van der Waals surface area contributed by atoms with Crippen molar-refractivity contribution in [3.05, 3.63) is 29.8 Å². The minimum absolute atomic E-state index is 0.106. The topological polar surface area (TPSA) is 47.6 Å². The average molecular weight is 223 g/mol. The fourth-order valence-electron chi connectivity index (χ4n) is 1.21. The van der Waals surface area contributed by atoms with Crippen molar-refractivity contribution in [3.63, 3.8) is 0 Å². The van der Waals surface area contributed by atoms with E-state index in [9.17, 15) is 4.79 Å². The van der Waals surface area contributed by atoms with E-state index in [-0.39, 0.29) is 6.10 Å². The Morgan fingerprint density at radius 2 is 2.19 bits per heavy atom. The number of carbonyl (C=O) groups excluding carboxylic acids is 1. The lowest BCUT2D eigenvalue weighted by molar-refractivity contribution is 0.115. The third kappa shape index (κ3) is 4.21. The van der Waals surface area contributed by atoms with Crippen LogP contribution in [0.25, 0.3) is 0 Å². The lowest BCUT2D eigenvalue weighted by Crippen LogP contribution is -2.26. The highest BCUT2D eigenvalue weighted by Gasteiger charge is 2.04. The van der Waals surface area contributed by atoms with Gasteiger partial charge in [0.05, 0.1) is 13.2 Å². The molecule has 1 N–H and O–H groups in total. The molecule has 0 saturated carbocycles. The van der Waals surface area contributed by atoms with Gasteiger partial charge in [0.15, 0.2) is 0 Å². The van der Waals surface area contributed by atoms with Gasteiger partial charge in [0.25, 0.3) is 0 Å². The highest BCUT2D eigenvalue weighted by atomic mass is 16.6. The summed E-state index contributed by atoms with van der Waals surface area (Å²) in [5, 5.41) is 2.66. The Balaban J connectivity index is 2.45. The van der Waals surface area contributed by atoms with E-state index >= 15 is 0 Å². The molecular weight excluding hydrogens is 206 g/mol. The largest absolute Gasteiger partial charge is 0.497 e. The van der Waals surface area contributed by atoms with Gasteiger partial charge in [-0.05, 0) is 31.5 Å². The Labute approximate surface area is 95.6 Å². The van der Waals surface area contributed by atoms with Crippen molar-refractivity contribution in [3.8, 4) is 5.75 Å². The number of methoxy groups -OCH3 is 1. The molecule has 0 saturated heterocycles. The van der Waals surface area contributed by atoms with Gasteiger partial charge in [0, 0.05) is 6.54 Å². The fraction of sp³-hybridized carbons (Fsp3) is 0.417. The summed E-state index contributed by atoms with van der Waals surface area (Å²) in [6, 6.07) is 7.52. The second-order valence-corrected chi connectivity index (χ2v) is 3.66. The normalized spacial score (nSPS) is 10.0. The third-order valence-corrected chi connectivity index (χ3v) is 1.91. The summed E-state index contributed by atoms with van der Waals surface area (Å²) in [6.45, 7) is 4.05. The van der Waals surface area contributed by atoms with Gasteiger partial charge in [-0.1, -0.05) is 12.1 Å². The Hall–Kier alpha value is -1.71. The molecular formula is C12H17NO3. The van der Waals surface area contributed by atoms with E-state index < -0.39 is 6.09 Å². The first kappa shape index (κ1) is 12.4. The molecule has 1 rings (SSSR count). The first-order chi connectivity index (χ1) is 7.61. The monoisotopic (exact) mass is 223 g/mol. The summed E-state index contributed by atoms with van der Waals surface area (Å²) in [5.41, 5.74) is 0.972. The van der Waals surface area contributed by atoms with Gasteiger partial charge in [-0.3, -0.25) is 0 Å². The highest BCUT2D eigenvalue weighted by molar-refractivity contribution is 5.67. The SMILES string of the molecule is COc1cccc(CNC(=O)OC(C)C)c1. The zero-order valence-corrected chi connectivity index (χ0v) is 9.82. The van der Waals surface area contributed by atoms with Crippen LogP contribution in [0.1, 0.15) is 19.4 Å². The van der Waals surface area contributed by atoms with Crippen LogP contribution in [0.15, 0.2) is 24.3 Å². The van der Waals surface area contributed by atoms with Gasteiger partial charge >= 0.3 is 6.09 Å². The Morgan fingerprint density at radius 3 is 2.81 bits per heavy atom. The maximum Gasteiger partial charge on any atom is 0.407 e. The van der Waals surface area contributed by atoms with E-state index in [0.29, 0.717) is 6.54 Å². The molecule has 1 amide bonds. The molecule has 0 spiro atoms. The molecule has 1 aromatic rings. The van der Waals surface area contributed by atoms with Crippen LogP contribution in [-0.2, 0) is 11.3 Å². The maximum absolute atomic E-state index is 11.2. The predicted molar refractivity (Wildman–Crippen MR) is 61.5 cm³/mol. The standard InChI is InChI=1S/C12H17NO3/c1-9(2)16-12(14)13-8-10-5-4-6-11(7-10)15-3/h4-7,9H,8H2,1-3H3,(H,13,14). The van der Waals surface area contributed by atoms with E-state index in [1.165, 1.54) is 0 Å². The fourth-order valence-corrected chi connectivity index (χ4v) is 1.21. The molecule has 4 heteroatoms. The molecule has 0 unspecified atom stereocenters. The van der Waals surface area contributed by atoms with Crippen LogP contribution >= 0.6 is 0 Å². The summed E-state index contributed by atoms with van der Waals surface area (Å²) in [4.78, 5) is 11.2. The van der Waals surface area contributed by atoms with Crippen molar-refractivity contribution in [2.75, 3.05) is 7.11 Å². The molecule has 0 aromatic heterocycles. The van der Waals surface area contributed by atoms with Crippen LogP contribution in [0.2, 0.25) is 0 Å². The summed E-state index contributed by atoms with van der Waals surface area (Å²) in [6.07, 6.45) is -0.511. The zero-order valence-electron chi connectivity index (χ0n) is 9.82. The molecule has 16 heavy (non-hydrogen) atoms. The summed E-state index contributed by atoms with van der Waals surface area (Å²) < 4.78 is 10.0. The van der Waals surface area contributed by atoms with E-state index in [2.05, 4.69) is 5.32 Å². The van der Waals surface area contributed by atoms with E-state index in [0.717, 1.165) is 11.3 Å². The lowest BCUT2D eigenvalue weighted by atomic mass is 10.2. The van der Waals surface area contributed by atoms with Crippen LogP contribution in [0.4, 0.5) is 4.79 Å². The molecule has 0 aliphatic rings. The highest BCUT2D eigenvalue weighted by Crippen LogP contribution is 2.12. The number of rotatable bonds is 4. The first-order valence-corrected chi connectivity index (χ1v) is 5.19. The molecule has 0 bridgehead atoms. The van der Waals surface area contributed by atoms with Crippen molar-refractivity contribution in [1.29, 1.82) is 0 Å². The van der Waals surface area contributed by atoms with E-state index in [1.54, 1.807) is 7.11 Å². The van der Waals surface area contributed by atoms with Crippen LogP contribution in [0, 0.1) is 0 Å². The predicted octanol–water partition coefficient (Wildman–Crippen LogP) is 2.33. The van der Waals surface area contributed by atoms with Crippen molar-refractivity contribution < 1.29 is 14.3 Å². The number of alkyl carbamates (subject to hydrolysis) is 1. The molecule has 0 aliphatic heterocycles. The van der Waals surface area contributed by atoms with Crippen molar-refractivity contribution in [1.82, 2.24) is 5.32 Å².